The smallest absolute Gasteiger partial charge is 0.329 e. The third-order valence-electron chi connectivity index (χ3n) is 4.32. The van der Waals surface area contributed by atoms with E-state index in [-0.39, 0.29) is 24.1 Å². The highest BCUT2D eigenvalue weighted by atomic mass is 19.1. The van der Waals surface area contributed by atoms with Crippen molar-refractivity contribution in [2.75, 3.05) is 6.54 Å². The summed E-state index contributed by atoms with van der Waals surface area (Å²) in [7, 11) is 0. The van der Waals surface area contributed by atoms with Crippen molar-refractivity contribution < 1.29 is 19.1 Å². The Balaban J connectivity index is 2.07. The molecule has 0 spiro atoms. The standard InChI is InChI=1S/C16H20FNO3/c1-11(12-4-6-13(17)7-5-12)10-14(19)18-9-3-8-16(18,2)15(20)21/h4-7,11H,3,8-10H2,1-2H3,(H,20,21). The highest BCUT2D eigenvalue weighted by molar-refractivity contribution is 5.87. The molecule has 2 atom stereocenters. The van der Waals surface area contributed by atoms with E-state index in [1.807, 2.05) is 6.92 Å². The number of hydrogen-bond donors (Lipinski definition) is 1. The summed E-state index contributed by atoms with van der Waals surface area (Å²) in [4.78, 5) is 25.3. The average Bonchev–Trinajstić information content (AvgIpc) is 2.83. The summed E-state index contributed by atoms with van der Waals surface area (Å²) in [6, 6.07) is 6.06. The Morgan fingerprint density at radius 1 is 1.38 bits per heavy atom. The maximum absolute atomic E-state index is 12.9. The van der Waals surface area contributed by atoms with Gasteiger partial charge in [0.25, 0.3) is 0 Å². The summed E-state index contributed by atoms with van der Waals surface area (Å²) >= 11 is 0. The molecule has 0 radical (unpaired) electrons. The van der Waals surface area contributed by atoms with E-state index in [1.54, 1.807) is 19.1 Å². The van der Waals surface area contributed by atoms with Crippen LogP contribution in [0.25, 0.3) is 0 Å². The highest BCUT2D eigenvalue weighted by Gasteiger charge is 2.45. The fourth-order valence-corrected chi connectivity index (χ4v) is 2.87. The molecule has 21 heavy (non-hydrogen) atoms. The Kier molecular flexibility index (Phi) is 4.30. The summed E-state index contributed by atoms with van der Waals surface area (Å²) in [6.45, 7) is 3.97. The van der Waals surface area contributed by atoms with E-state index < -0.39 is 11.5 Å². The number of nitrogens with zero attached hydrogens (tertiary/aromatic N) is 1. The molecule has 0 aliphatic carbocycles. The number of carbonyl (C=O) groups is 2. The summed E-state index contributed by atoms with van der Waals surface area (Å²) in [6.07, 6.45) is 1.42. The largest absolute Gasteiger partial charge is 0.480 e. The number of amides is 1. The first kappa shape index (κ1) is 15.5. The molecule has 1 heterocycles. The van der Waals surface area contributed by atoms with Crippen LogP contribution >= 0.6 is 0 Å². The van der Waals surface area contributed by atoms with Gasteiger partial charge in [-0.1, -0.05) is 19.1 Å². The summed E-state index contributed by atoms with van der Waals surface area (Å²) in [5.41, 5.74) is -0.222. The minimum Gasteiger partial charge on any atom is -0.480 e. The van der Waals surface area contributed by atoms with Gasteiger partial charge in [0.15, 0.2) is 0 Å². The Hall–Kier alpha value is -1.91. The van der Waals surface area contributed by atoms with Crippen molar-refractivity contribution in [2.45, 2.75) is 44.6 Å². The normalized spacial score (nSPS) is 23.1. The Morgan fingerprint density at radius 3 is 2.57 bits per heavy atom. The number of carboxylic acid groups (broad SMARTS) is 1. The molecule has 1 saturated heterocycles. The fourth-order valence-electron chi connectivity index (χ4n) is 2.87. The third kappa shape index (κ3) is 3.06. The quantitative estimate of drug-likeness (QED) is 0.928. The van der Waals surface area contributed by atoms with Crippen LogP contribution in [0.3, 0.4) is 0 Å². The molecule has 1 aliphatic rings. The maximum Gasteiger partial charge on any atom is 0.329 e. The number of aliphatic carboxylic acids is 1. The zero-order chi connectivity index (χ0) is 15.6. The first-order valence-corrected chi connectivity index (χ1v) is 7.14. The van der Waals surface area contributed by atoms with E-state index in [1.165, 1.54) is 17.0 Å². The molecule has 1 aromatic rings. The molecule has 1 fully saturated rings. The zero-order valence-corrected chi connectivity index (χ0v) is 12.3. The van der Waals surface area contributed by atoms with Crippen molar-refractivity contribution in [3.63, 3.8) is 0 Å². The van der Waals surface area contributed by atoms with Gasteiger partial charge < -0.3 is 10.0 Å². The van der Waals surface area contributed by atoms with E-state index in [9.17, 15) is 19.1 Å². The van der Waals surface area contributed by atoms with Crippen LogP contribution in [-0.4, -0.2) is 34.0 Å². The van der Waals surface area contributed by atoms with Crippen LogP contribution in [-0.2, 0) is 9.59 Å². The SMILES string of the molecule is CC(CC(=O)N1CCCC1(C)C(=O)O)c1ccc(F)cc1. The molecule has 2 unspecified atom stereocenters. The van der Waals surface area contributed by atoms with Crippen molar-refractivity contribution in [1.82, 2.24) is 4.90 Å². The number of rotatable bonds is 4. The van der Waals surface area contributed by atoms with Gasteiger partial charge in [0, 0.05) is 13.0 Å². The maximum atomic E-state index is 12.9. The van der Waals surface area contributed by atoms with E-state index in [0.29, 0.717) is 19.4 Å². The molecular formula is C16H20FNO3. The highest BCUT2D eigenvalue weighted by Crippen LogP contribution is 2.31. The monoisotopic (exact) mass is 293 g/mol. The molecule has 4 nitrogen and oxygen atoms in total. The number of likely N-dealkylation sites (tertiary alicyclic amines) is 1. The van der Waals surface area contributed by atoms with Gasteiger partial charge in [-0.3, -0.25) is 4.79 Å². The second-order valence-corrected chi connectivity index (χ2v) is 5.88. The lowest BCUT2D eigenvalue weighted by Crippen LogP contribution is -2.50. The minimum atomic E-state index is -1.10. The van der Waals surface area contributed by atoms with E-state index in [2.05, 4.69) is 0 Å². The fraction of sp³-hybridized carbons (Fsp3) is 0.500. The summed E-state index contributed by atoms with van der Waals surface area (Å²) < 4.78 is 12.9. The first-order chi connectivity index (χ1) is 9.84. The van der Waals surface area contributed by atoms with Gasteiger partial charge in [-0.2, -0.15) is 0 Å². The number of halogens is 1. The first-order valence-electron chi connectivity index (χ1n) is 7.14. The molecule has 1 aromatic carbocycles. The minimum absolute atomic E-state index is 0.0725. The van der Waals surface area contributed by atoms with Crippen molar-refractivity contribution in [3.8, 4) is 0 Å². The lowest BCUT2D eigenvalue weighted by atomic mass is 9.95. The number of carbonyl (C=O) groups excluding carboxylic acids is 1. The van der Waals surface area contributed by atoms with Crippen molar-refractivity contribution in [2.24, 2.45) is 0 Å². The van der Waals surface area contributed by atoms with Crippen LogP contribution in [0.2, 0.25) is 0 Å². The topological polar surface area (TPSA) is 57.6 Å². The summed E-state index contributed by atoms with van der Waals surface area (Å²) in [5, 5.41) is 9.34. The molecular weight excluding hydrogens is 273 g/mol. The van der Waals surface area contributed by atoms with Gasteiger partial charge in [0.2, 0.25) is 5.91 Å². The molecule has 0 saturated carbocycles. The Bertz CT molecular complexity index is 543. The predicted molar refractivity (Wildman–Crippen MR) is 76.4 cm³/mol. The van der Waals surface area contributed by atoms with Crippen LogP contribution in [0.5, 0.6) is 0 Å². The van der Waals surface area contributed by atoms with Gasteiger partial charge in [-0.05, 0) is 43.4 Å². The van der Waals surface area contributed by atoms with Crippen LogP contribution in [0.4, 0.5) is 4.39 Å². The van der Waals surface area contributed by atoms with Crippen molar-refractivity contribution >= 4 is 11.9 Å². The Labute approximate surface area is 123 Å². The molecule has 0 bridgehead atoms. The van der Waals surface area contributed by atoms with Gasteiger partial charge in [0.1, 0.15) is 11.4 Å². The molecule has 5 heteroatoms. The second-order valence-electron chi connectivity index (χ2n) is 5.88. The third-order valence-corrected chi connectivity index (χ3v) is 4.32. The number of hydrogen-bond acceptors (Lipinski definition) is 2. The Morgan fingerprint density at radius 2 is 2.00 bits per heavy atom. The molecule has 114 valence electrons. The molecule has 1 amide bonds. The van der Waals surface area contributed by atoms with E-state index in [0.717, 1.165) is 5.56 Å². The van der Waals surface area contributed by atoms with E-state index >= 15 is 0 Å². The van der Waals surface area contributed by atoms with Crippen molar-refractivity contribution in [1.29, 1.82) is 0 Å². The van der Waals surface area contributed by atoms with Crippen LogP contribution in [0, 0.1) is 5.82 Å². The molecule has 0 aromatic heterocycles. The lowest BCUT2D eigenvalue weighted by molar-refractivity contribution is -0.155. The van der Waals surface area contributed by atoms with Crippen LogP contribution in [0.1, 0.15) is 44.6 Å². The van der Waals surface area contributed by atoms with Gasteiger partial charge in [-0.15, -0.1) is 0 Å². The van der Waals surface area contributed by atoms with E-state index in [4.69, 9.17) is 0 Å². The van der Waals surface area contributed by atoms with Gasteiger partial charge in [-0.25, -0.2) is 9.18 Å². The van der Waals surface area contributed by atoms with Crippen LogP contribution in [0.15, 0.2) is 24.3 Å². The number of benzene rings is 1. The van der Waals surface area contributed by atoms with Crippen molar-refractivity contribution in [3.05, 3.63) is 35.6 Å². The molecule has 1 N–H and O–H groups in total. The average molecular weight is 293 g/mol. The van der Waals surface area contributed by atoms with Gasteiger partial charge in [0.05, 0.1) is 0 Å². The summed E-state index contributed by atoms with van der Waals surface area (Å²) in [5.74, 6) is -1.50. The lowest BCUT2D eigenvalue weighted by Gasteiger charge is -2.32. The molecule has 1 aliphatic heterocycles. The predicted octanol–water partition coefficient (Wildman–Crippen LogP) is 2.79. The second kappa shape index (κ2) is 5.84. The van der Waals surface area contributed by atoms with Gasteiger partial charge >= 0.3 is 5.97 Å². The number of carboxylic acids is 1. The zero-order valence-electron chi connectivity index (χ0n) is 12.3. The van der Waals surface area contributed by atoms with Crippen LogP contribution < -0.4 is 0 Å². The molecule has 2 rings (SSSR count).